The summed E-state index contributed by atoms with van der Waals surface area (Å²) >= 11 is 1.67. The SMILES string of the molecule is Cc1ccccc1CSc1nnc(-c2ccco2)n1-c1ccccc1. The fourth-order valence-electron chi connectivity index (χ4n) is 2.65. The first-order valence-electron chi connectivity index (χ1n) is 8.05. The van der Waals surface area contributed by atoms with Crippen molar-refractivity contribution >= 4 is 11.8 Å². The Kier molecular flexibility index (Phi) is 4.39. The summed E-state index contributed by atoms with van der Waals surface area (Å²) in [5.74, 6) is 2.26. The lowest BCUT2D eigenvalue weighted by atomic mass is 10.1. The Morgan fingerprint density at radius 1 is 0.920 bits per heavy atom. The van der Waals surface area contributed by atoms with Crippen LogP contribution in [0.15, 0.2) is 82.6 Å². The second-order valence-corrected chi connectivity index (χ2v) is 6.61. The van der Waals surface area contributed by atoms with Gasteiger partial charge in [-0.1, -0.05) is 54.2 Å². The minimum absolute atomic E-state index is 0.707. The number of para-hydroxylation sites is 1. The summed E-state index contributed by atoms with van der Waals surface area (Å²) in [6, 6.07) is 22.3. The molecular weight excluding hydrogens is 330 g/mol. The zero-order chi connectivity index (χ0) is 17.1. The average molecular weight is 347 g/mol. The van der Waals surface area contributed by atoms with Crippen LogP contribution in [0.3, 0.4) is 0 Å². The highest BCUT2D eigenvalue weighted by atomic mass is 32.2. The lowest BCUT2D eigenvalue weighted by Crippen LogP contribution is -1.99. The molecule has 4 aromatic rings. The Balaban J connectivity index is 1.72. The summed E-state index contributed by atoms with van der Waals surface area (Å²) < 4.78 is 7.59. The van der Waals surface area contributed by atoms with Crippen molar-refractivity contribution in [1.29, 1.82) is 0 Å². The zero-order valence-electron chi connectivity index (χ0n) is 13.8. The van der Waals surface area contributed by atoms with Crippen molar-refractivity contribution in [2.45, 2.75) is 17.8 Å². The van der Waals surface area contributed by atoms with E-state index in [0.717, 1.165) is 16.6 Å². The van der Waals surface area contributed by atoms with Crippen LogP contribution >= 0.6 is 11.8 Å². The summed E-state index contributed by atoms with van der Waals surface area (Å²) in [7, 11) is 0. The summed E-state index contributed by atoms with van der Waals surface area (Å²) in [5.41, 5.74) is 3.60. The number of thioether (sulfide) groups is 1. The van der Waals surface area contributed by atoms with Gasteiger partial charge in [0.15, 0.2) is 10.9 Å². The largest absolute Gasteiger partial charge is 0.461 e. The van der Waals surface area contributed by atoms with Crippen LogP contribution in [0.4, 0.5) is 0 Å². The van der Waals surface area contributed by atoms with E-state index in [1.807, 2.05) is 47.0 Å². The van der Waals surface area contributed by atoms with Crippen molar-refractivity contribution in [2.24, 2.45) is 0 Å². The molecule has 5 heteroatoms. The number of benzene rings is 2. The van der Waals surface area contributed by atoms with Crippen molar-refractivity contribution in [2.75, 3.05) is 0 Å². The minimum atomic E-state index is 0.707. The zero-order valence-corrected chi connectivity index (χ0v) is 14.6. The minimum Gasteiger partial charge on any atom is -0.461 e. The Labute approximate surface area is 150 Å². The molecule has 4 rings (SSSR count). The van der Waals surface area contributed by atoms with E-state index in [0.29, 0.717) is 11.6 Å². The van der Waals surface area contributed by atoms with Gasteiger partial charge in [-0.05, 0) is 42.3 Å². The molecule has 0 aliphatic heterocycles. The van der Waals surface area contributed by atoms with Gasteiger partial charge in [-0.3, -0.25) is 4.57 Å². The quantitative estimate of drug-likeness (QED) is 0.470. The number of rotatable bonds is 5. The summed E-state index contributed by atoms with van der Waals surface area (Å²) in [6.07, 6.45) is 1.65. The van der Waals surface area contributed by atoms with Crippen molar-refractivity contribution in [3.63, 3.8) is 0 Å². The molecule has 0 aliphatic rings. The third-order valence-electron chi connectivity index (χ3n) is 4.01. The smallest absolute Gasteiger partial charge is 0.205 e. The summed E-state index contributed by atoms with van der Waals surface area (Å²) in [5, 5.41) is 9.63. The van der Waals surface area contributed by atoms with E-state index in [1.165, 1.54) is 11.1 Å². The van der Waals surface area contributed by atoms with Gasteiger partial charge >= 0.3 is 0 Å². The fraction of sp³-hybridized carbons (Fsp3) is 0.100. The molecule has 2 heterocycles. The van der Waals surface area contributed by atoms with Crippen LogP contribution in [0.2, 0.25) is 0 Å². The molecule has 2 aromatic carbocycles. The van der Waals surface area contributed by atoms with Gasteiger partial charge in [0.1, 0.15) is 0 Å². The molecule has 0 N–H and O–H groups in total. The molecule has 0 saturated carbocycles. The van der Waals surface area contributed by atoms with E-state index in [4.69, 9.17) is 4.42 Å². The van der Waals surface area contributed by atoms with E-state index in [9.17, 15) is 0 Å². The molecule has 0 amide bonds. The van der Waals surface area contributed by atoms with E-state index in [2.05, 4.69) is 41.4 Å². The molecule has 0 saturated heterocycles. The molecule has 0 radical (unpaired) electrons. The molecule has 0 spiro atoms. The van der Waals surface area contributed by atoms with Gasteiger partial charge in [0.05, 0.1) is 6.26 Å². The normalized spacial score (nSPS) is 10.9. The third-order valence-corrected chi connectivity index (χ3v) is 4.99. The number of aromatic nitrogens is 3. The number of furan rings is 1. The Hall–Kier alpha value is -2.79. The molecule has 0 fully saturated rings. The highest BCUT2D eigenvalue weighted by Crippen LogP contribution is 2.30. The first kappa shape index (κ1) is 15.7. The highest BCUT2D eigenvalue weighted by molar-refractivity contribution is 7.98. The van der Waals surface area contributed by atoms with E-state index in [-0.39, 0.29) is 0 Å². The standard InChI is InChI=1S/C20H17N3OS/c1-15-8-5-6-9-16(15)14-25-20-22-21-19(18-12-7-13-24-18)23(20)17-10-3-2-4-11-17/h2-13H,14H2,1H3. The number of nitrogens with zero attached hydrogens (tertiary/aromatic N) is 3. The van der Waals surface area contributed by atoms with Gasteiger partial charge in [-0.25, -0.2) is 0 Å². The van der Waals surface area contributed by atoms with E-state index >= 15 is 0 Å². The van der Waals surface area contributed by atoms with Gasteiger partial charge in [-0.15, -0.1) is 10.2 Å². The number of aryl methyl sites for hydroxylation is 1. The van der Waals surface area contributed by atoms with Crippen LogP contribution in [-0.2, 0) is 5.75 Å². The molecule has 124 valence electrons. The van der Waals surface area contributed by atoms with Crippen LogP contribution in [0.1, 0.15) is 11.1 Å². The Morgan fingerprint density at radius 2 is 1.72 bits per heavy atom. The maximum Gasteiger partial charge on any atom is 0.205 e. The monoisotopic (exact) mass is 347 g/mol. The lowest BCUT2D eigenvalue weighted by Gasteiger charge is -2.09. The van der Waals surface area contributed by atoms with Crippen molar-refractivity contribution in [1.82, 2.24) is 14.8 Å². The van der Waals surface area contributed by atoms with Crippen LogP contribution in [0.5, 0.6) is 0 Å². The van der Waals surface area contributed by atoms with E-state index in [1.54, 1.807) is 18.0 Å². The van der Waals surface area contributed by atoms with Crippen LogP contribution in [0, 0.1) is 6.92 Å². The Bertz CT molecular complexity index is 962. The first-order valence-corrected chi connectivity index (χ1v) is 9.03. The average Bonchev–Trinajstić information content (AvgIpc) is 3.31. The van der Waals surface area contributed by atoms with Crippen molar-refractivity contribution in [3.05, 3.63) is 84.1 Å². The van der Waals surface area contributed by atoms with Gasteiger partial charge in [0, 0.05) is 11.4 Å². The topological polar surface area (TPSA) is 43.9 Å². The predicted molar refractivity (Wildman–Crippen MR) is 99.8 cm³/mol. The molecule has 0 atom stereocenters. The molecule has 25 heavy (non-hydrogen) atoms. The second kappa shape index (κ2) is 6.99. The van der Waals surface area contributed by atoms with Gasteiger partial charge in [0.2, 0.25) is 5.82 Å². The molecular formula is C20H17N3OS. The highest BCUT2D eigenvalue weighted by Gasteiger charge is 2.18. The first-order chi connectivity index (χ1) is 12.3. The molecule has 0 unspecified atom stereocenters. The predicted octanol–water partition coefficient (Wildman–Crippen LogP) is 5.13. The van der Waals surface area contributed by atoms with Crippen molar-refractivity contribution < 1.29 is 4.42 Å². The Morgan fingerprint density at radius 3 is 2.48 bits per heavy atom. The fourth-order valence-corrected chi connectivity index (χ4v) is 3.68. The lowest BCUT2D eigenvalue weighted by molar-refractivity contribution is 0.575. The van der Waals surface area contributed by atoms with Gasteiger partial charge in [0.25, 0.3) is 0 Å². The summed E-state index contributed by atoms with van der Waals surface area (Å²) in [4.78, 5) is 0. The number of hydrogen-bond donors (Lipinski definition) is 0. The summed E-state index contributed by atoms with van der Waals surface area (Å²) in [6.45, 7) is 2.13. The molecule has 4 nitrogen and oxygen atoms in total. The molecule has 2 aromatic heterocycles. The second-order valence-electron chi connectivity index (χ2n) is 5.67. The van der Waals surface area contributed by atoms with E-state index < -0.39 is 0 Å². The van der Waals surface area contributed by atoms with Gasteiger partial charge < -0.3 is 4.42 Å². The van der Waals surface area contributed by atoms with Crippen LogP contribution < -0.4 is 0 Å². The maximum atomic E-state index is 5.54. The van der Waals surface area contributed by atoms with Crippen LogP contribution in [-0.4, -0.2) is 14.8 Å². The van der Waals surface area contributed by atoms with Gasteiger partial charge in [-0.2, -0.15) is 0 Å². The van der Waals surface area contributed by atoms with Crippen molar-refractivity contribution in [3.8, 4) is 17.3 Å². The molecule has 0 aliphatic carbocycles. The van der Waals surface area contributed by atoms with Crippen LogP contribution in [0.25, 0.3) is 17.3 Å². The maximum absolute atomic E-state index is 5.54. The third kappa shape index (κ3) is 3.23. The molecule has 0 bridgehead atoms. The number of hydrogen-bond acceptors (Lipinski definition) is 4.